The molecule has 0 aliphatic carbocycles. The quantitative estimate of drug-likeness (QED) is 0.297. The molecule has 0 fully saturated rings. The zero-order valence-corrected chi connectivity index (χ0v) is 17.6. The monoisotopic (exact) mass is 429 g/mol. The van der Waals surface area contributed by atoms with E-state index in [0.717, 1.165) is 22.6 Å². The summed E-state index contributed by atoms with van der Waals surface area (Å²) in [6.45, 7) is 4.23. The average Bonchev–Trinajstić information content (AvgIpc) is 2.88. The van der Waals surface area contributed by atoms with Crippen LogP contribution in [0.4, 0.5) is 17.1 Å². The van der Waals surface area contributed by atoms with E-state index in [1.165, 1.54) is 6.07 Å². The summed E-state index contributed by atoms with van der Waals surface area (Å²) in [7, 11) is -4.32. The normalized spacial score (nSPS) is 15.4. The SMILES string of the molecule is CC1(C)C(/C=C/Nc2ccccc2)=[N+](CCCS(=O)(=O)[O-])c2ccc([N+](=O)[O-])cc21. The van der Waals surface area contributed by atoms with E-state index in [9.17, 15) is 23.1 Å². The number of nitro groups is 1. The van der Waals surface area contributed by atoms with E-state index < -0.39 is 26.2 Å². The maximum atomic E-state index is 11.2. The summed E-state index contributed by atoms with van der Waals surface area (Å²) >= 11 is 0. The summed E-state index contributed by atoms with van der Waals surface area (Å²) in [5.41, 5.74) is 2.75. The van der Waals surface area contributed by atoms with Crippen molar-refractivity contribution in [2.24, 2.45) is 0 Å². The second kappa shape index (κ2) is 8.37. The molecule has 0 unspecified atom stereocenters. The first-order chi connectivity index (χ1) is 14.1. The van der Waals surface area contributed by atoms with Gasteiger partial charge in [0.25, 0.3) is 5.69 Å². The molecule has 0 saturated heterocycles. The third-order valence-electron chi connectivity index (χ3n) is 5.13. The molecule has 158 valence electrons. The van der Waals surface area contributed by atoms with Gasteiger partial charge >= 0.3 is 0 Å². The highest BCUT2D eigenvalue weighted by Gasteiger charge is 2.45. The summed E-state index contributed by atoms with van der Waals surface area (Å²) in [6.07, 6.45) is 3.82. The topological polar surface area (TPSA) is 115 Å². The first kappa shape index (κ1) is 21.7. The molecule has 0 atom stereocenters. The Kier molecular flexibility index (Phi) is 6.04. The third kappa shape index (κ3) is 4.74. The van der Waals surface area contributed by atoms with Crippen molar-refractivity contribution in [1.82, 2.24) is 0 Å². The largest absolute Gasteiger partial charge is 0.748 e. The molecule has 9 heteroatoms. The molecular weight excluding hydrogens is 406 g/mol. The van der Waals surface area contributed by atoms with Crippen LogP contribution < -0.4 is 5.32 Å². The number of fused-ring (bicyclic) bond motifs is 1. The molecule has 0 aromatic heterocycles. The van der Waals surface area contributed by atoms with Crippen molar-refractivity contribution in [3.05, 3.63) is 76.5 Å². The summed E-state index contributed by atoms with van der Waals surface area (Å²) in [5, 5.41) is 14.4. The van der Waals surface area contributed by atoms with Crippen LogP contribution in [-0.4, -0.2) is 40.5 Å². The van der Waals surface area contributed by atoms with Crippen molar-refractivity contribution in [2.45, 2.75) is 25.7 Å². The van der Waals surface area contributed by atoms with Gasteiger partial charge in [-0.25, -0.2) is 8.42 Å². The highest BCUT2D eigenvalue weighted by atomic mass is 32.2. The molecule has 30 heavy (non-hydrogen) atoms. The highest BCUT2D eigenvalue weighted by Crippen LogP contribution is 2.41. The number of hydrogen-bond acceptors (Lipinski definition) is 6. The second-order valence-corrected chi connectivity index (χ2v) is 9.10. The number of nitrogens with one attached hydrogen (secondary N) is 1. The molecule has 1 N–H and O–H groups in total. The third-order valence-corrected chi connectivity index (χ3v) is 5.92. The molecule has 1 aliphatic heterocycles. The predicted octanol–water partition coefficient (Wildman–Crippen LogP) is 3.53. The van der Waals surface area contributed by atoms with Crippen molar-refractivity contribution in [3.8, 4) is 0 Å². The van der Waals surface area contributed by atoms with Crippen molar-refractivity contribution in [1.29, 1.82) is 0 Å². The van der Waals surface area contributed by atoms with Crippen molar-refractivity contribution in [3.63, 3.8) is 0 Å². The molecule has 0 amide bonds. The van der Waals surface area contributed by atoms with E-state index in [0.29, 0.717) is 6.54 Å². The van der Waals surface area contributed by atoms with Gasteiger partial charge in [0, 0.05) is 53.9 Å². The van der Waals surface area contributed by atoms with Crippen LogP contribution in [0.2, 0.25) is 0 Å². The smallest absolute Gasteiger partial charge is 0.270 e. The van der Waals surface area contributed by atoms with Gasteiger partial charge in [0.15, 0.2) is 5.71 Å². The maximum Gasteiger partial charge on any atom is 0.270 e. The number of hydrogen-bond donors (Lipinski definition) is 1. The fraction of sp³-hybridized carbons (Fsp3) is 0.286. The molecule has 0 bridgehead atoms. The summed E-state index contributed by atoms with van der Waals surface area (Å²) in [5.74, 6) is -0.467. The molecule has 0 spiro atoms. The van der Waals surface area contributed by atoms with Gasteiger partial charge in [-0.2, -0.15) is 4.58 Å². The molecule has 0 saturated carbocycles. The summed E-state index contributed by atoms with van der Waals surface area (Å²) < 4.78 is 35.0. The van der Waals surface area contributed by atoms with Crippen LogP contribution in [0, 0.1) is 10.1 Å². The first-order valence-electron chi connectivity index (χ1n) is 9.45. The number of benzene rings is 2. The van der Waals surface area contributed by atoms with E-state index in [4.69, 9.17) is 0 Å². The molecular formula is C21H23N3O5S. The van der Waals surface area contributed by atoms with E-state index in [1.807, 2.05) is 54.8 Å². The second-order valence-electron chi connectivity index (χ2n) is 7.58. The maximum absolute atomic E-state index is 11.2. The predicted molar refractivity (Wildman–Crippen MR) is 114 cm³/mol. The Labute approximate surface area is 175 Å². The van der Waals surface area contributed by atoms with Crippen molar-refractivity contribution in [2.75, 3.05) is 17.6 Å². The minimum Gasteiger partial charge on any atom is -0.748 e. The van der Waals surface area contributed by atoms with Crippen LogP contribution in [0.25, 0.3) is 0 Å². The highest BCUT2D eigenvalue weighted by molar-refractivity contribution is 7.85. The van der Waals surface area contributed by atoms with Crippen LogP contribution >= 0.6 is 0 Å². The number of nitro benzene ring substituents is 1. The lowest BCUT2D eigenvalue weighted by Crippen LogP contribution is -2.28. The van der Waals surface area contributed by atoms with Crippen LogP contribution in [0.1, 0.15) is 25.8 Å². The fourth-order valence-corrected chi connectivity index (χ4v) is 4.15. The molecule has 2 aromatic rings. The van der Waals surface area contributed by atoms with Crippen LogP contribution in [0.3, 0.4) is 0 Å². The van der Waals surface area contributed by atoms with E-state index in [-0.39, 0.29) is 12.1 Å². The summed E-state index contributed by atoms with van der Waals surface area (Å²) in [6, 6.07) is 14.2. The Morgan fingerprint density at radius 2 is 1.87 bits per heavy atom. The van der Waals surface area contributed by atoms with Gasteiger partial charge < -0.3 is 9.87 Å². The summed E-state index contributed by atoms with van der Waals surface area (Å²) in [4.78, 5) is 10.8. The Balaban J connectivity index is 1.97. The molecule has 1 aliphatic rings. The zero-order valence-electron chi connectivity index (χ0n) is 16.7. The van der Waals surface area contributed by atoms with E-state index in [1.54, 1.807) is 18.3 Å². The lowest BCUT2D eigenvalue weighted by atomic mass is 9.81. The molecule has 0 radical (unpaired) electrons. The molecule has 3 rings (SSSR count). The number of rotatable bonds is 8. The van der Waals surface area contributed by atoms with Crippen molar-refractivity contribution >= 4 is 32.9 Å². The fourth-order valence-electron chi connectivity index (χ4n) is 3.67. The molecule has 2 aromatic carbocycles. The van der Waals surface area contributed by atoms with Gasteiger partial charge in [0.05, 0.1) is 20.5 Å². The first-order valence-corrected chi connectivity index (χ1v) is 11.0. The number of anilines is 1. The van der Waals surface area contributed by atoms with E-state index >= 15 is 0 Å². The zero-order chi connectivity index (χ0) is 21.9. The molecule has 1 heterocycles. The number of nitrogens with zero attached hydrogens (tertiary/aromatic N) is 2. The molecule has 8 nitrogen and oxygen atoms in total. The number of non-ortho nitro benzene ring substituents is 1. The van der Waals surface area contributed by atoms with Gasteiger partial charge in [-0.15, -0.1) is 0 Å². The van der Waals surface area contributed by atoms with Crippen LogP contribution in [0.15, 0.2) is 60.8 Å². The van der Waals surface area contributed by atoms with Crippen molar-refractivity contribution < 1.29 is 22.5 Å². The minimum absolute atomic E-state index is 0.00319. The Bertz CT molecular complexity index is 1120. The van der Waals surface area contributed by atoms with Gasteiger partial charge in [-0.3, -0.25) is 10.1 Å². The Morgan fingerprint density at radius 3 is 2.50 bits per heavy atom. The van der Waals surface area contributed by atoms with E-state index in [2.05, 4.69) is 5.32 Å². The number of para-hydroxylation sites is 1. The van der Waals surface area contributed by atoms with Gasteiger partial charge in [-0.05, 0) is 26.0 Å². The van der Waals surface area contributed by atoms with Gasteiger partial charge in [-0.1, -0.05) is 18.2 Å². The average molecular weight is 429 g/mol. The Morgan fingerprint density at radius 1 is 1.17 bits per heavy atom. The number of allylic oxidation sites excluding steroid dienone is 1. The van der Waals surface area contributed by atoms with Gasteiger partial charge in [0.1, 0.15) is 6.54 Å². The Hall–Kier alpha value is -3.04. The van der Waals surface area contributed by atoms with Gasteiger partial charge in [0.2, 0.25) is 5.69 Å². The lowest BCUT2D eigenvalue weighted by Gasteiger charge is -2.15. The minimum atomic E-state index is -4.32. The van der Waals surface area contributed by atoms with Crippen LogP contribution in [0.5, 0.6) is 0 Å². The van der Waals surface area contributed by atoms with Crippen LogP contribution in [-0.2, 0) is 15.5 Å². The standard InChI is InChI=1S/C21H23N3O5S/c1-21(2)18-15-17(24(25)26)9-10-19(18)23(13-6-14-30(27,28)29)20(21)11-12-22-16-7-4-3-5-8-16/h3-5,7-12,15H,6,13-14H2,1-2H3,(H,27,28,29). The lowest BCUT2D eigenvalue weighted by molar-refractivity contribution is -0.437.